The van der Waals surface area contributed by atoms with Crippen LogP contribution in [0, 0.1) is 0 Å². The molecular weight excluding hydrogens is 279 g/mol. The smallest absolute Gasteiger partial charge is 0.264 e. The number of carbonyl (C=O) groups excluding carboxylic acids is 1. The Kier molecular flexibility index (Phi) is 5.25. The summed E-state index contributed by atoms with van der Waals surface area (Å²) in [6, 6.07) is 4.14. The Bertz CT molecular complexity index is 397. The van der Waals surface area contributed by atoms with Crippen molar-refractivity contribution in [2.75, 3.05) is 13.1 Å². The van der Waals surface area contributed by atoms with Crippen LogP contribution in [0.1, 0.15) is 23.5 Å². The second kappa shape index (κ2) is 6.05. The molecular formula is C11H16Cl2N2OS. The SMILES string of the molecule is CC1NCCN(C(=O)c2ccc(Cl)s2)C1C.Cl. The van der Waals surface area contributed by atoms with E-state index in [9.17, 15) is 4.79 Å². The number of carbonyl (C=O) groups is 1. The van der Waals surface area contributed by atoms with Gasteiger partial charge in [-0.05, 0) is 26.0 Å². The lowest BCUT2D eigenvalue weighted by Gasteiger charge is -2.38. The molecule has 0 aromatic carbocycles. The van der Waals surface area contributed by atoms with Crippen LogP contribution in [0.3, 0.4) is 0 Å². The Balaban J connectivity index is 0.00000144. The number of nitrogens with one attached hydrogen (secondary N) is 1. The second-order valence-corrected chi connectivity index (χ2v) is 5.80. The van der Waals surface area contributed by atoms with Gasteiger partial charge in [-0.3, -0.25) is 4.79 Å². The van der Waals surface area contributed by atoms with E-state index in [0.717, 1.165) is 18.0 Å². The van der Waals surface area contributed by atoms with E-state index in [4.69, 9.17) is 11.6 Å². The van der Waals surface area contributed by atoms with Crippen molar-refractivity contribution in [1.29, 1.82) is 0 Å². The van der Waals surface area contributed by atoms with E-state index in [0.29, 0.717) is 10.4 Å². The standard InChI is InChI=1S/C11H15ClN2OS.ClH/c1-7-8(2)14(6-5-13-7)11(15)9-3-4-10(12)16-9;/h3-4,7-8,13H,5-6H2,1-2H3;1H. The first-order chi connectivity index (χ1) is 7.59. The number of thiophene rings is 1. The molecule has 2 unspecified atom stereocenters. The molecule has 0 bridgehead atoms. The highest BCUT2D eigenvalue weighted by Gasteiger charge is 2.29. The van der Waals surface area contributed by atoms with E-state index in [1.54, 1.807) is 12.1 Å². The molecule has 0 spiro atoms. The molecule has 3 nitrogen and oxygen atoms in total. The fraction of sp³-hybridized carbons (Fsp3) is 0.545. The van der Waals surface area contributed by atoms with Crippen molar-refractivity contribution < 1.29 is 4.79 Å². The van der Waals surface area contributed by atoms with Crippen LogP contribution < -0.4 is 5.32 Å². The predicted octanol–water partition coefficient (Wildman–Crippen LogP) is 2.65. The summed E-state index contributed by atoms with van der Waals surface area (Å²) in [6.07, 6.45) is 0. The van der Waals surface area contributed by atoms with Gasteiger partial charge in [-0.1, -0.05) is 11.6 Å². The van der Waals surface area contributed by atoms with Gasteiger partial charge in [-0.2, -0.15) is 0 Å². The Morgan fingerprint density at radius 1 is 1.53 bits per heavy atom. The molecule has 96 valence electrons. The van der Waals surface area contributed by atoms with Crippen LogP contribution in [0.2, 0.25) is 4.34 Å². The largest absolute Gasteiger partial charge is 0.332 e. The fourth-order valence-corrected chi connectivity index (χ4v) is 2.91. The summed E-state index contributed by atoms with van der Waals surface area (Å²) in [4.78, 5) is 14.9. The van der Waals surface area contributed by atoms with Crippen molar-refractivity contribution >= 4 is 41.3 Å². The first-order valence-corrected chi connectivity index (χ1v) is 6.58. The van der Waals surface area contributed by atoms with Crippen LogP contribution in [0.25, 0.3) is 0 Å². The Hall–Kier alpha value is -0.290. The maximum absolute atomic E-state index is 12.2. The minimum Gasteiger partial charge on any atom is -0.332 e. The summed E-state index contributed by atoms with van der Waals surface area (Å²) in [5, 5.41) is 3.36. The van der Waals surface area contributed by atoms with Crippen molar-refractivity contribution in [1.82, 2.24) is 10.2 Å². The number of nitrogens with zero attached hydrogens (tertiary/aromatic N) is 1. The van der Waals surface area contributed by atoms with Gasteiger partial charge in [-0.25, -0.2) is 0 Å². The van der Waals surface area contributed by atoms with Crippen LogP contribution in [0.15, 0.2) is 12.1 Å². The average Bonchev–Trinajstić information content (AvgIpc) is 2.68. The number of rotatable bonds is 1. The molecule has 2 rings (SSSR count). The van der Waals surface area contributed by atoms with Gasteiger partial charge in [0.15, 0.2) is 0 Å². The van der Waals surface area contributed by atoms with Gasteiger partial charge >= 0.3 is 0 Å². The van der Waals surface area contributed by atoms with Crippen molar-refractivity contribution in [3.8, 4) is 0 Å². The zero-order valence-corrected chi connectivity index (χ0v) is 12.2. The quantitative estimate of drug-likeness (QED) is 0.864. The monoisotopic (exact) mass is 294 g/mol. The highest BCUT2D eigenvalue weighted by molar-refractivity contribution is 7.17. The summed E-state index contributed by atoms with van der Waals surface area (Å²) in [6.45, 7) is 5.80. The number of hydrogen-bond donors (Lipinski definition) is 1. The summed E-state index contributed by atoms with van der Waals surface area (Å²) in [5.41, 5.74) is 0. The second-order valence-electron chi connectivity index (χ2n) is 4.09. The third-order valence-corrected chi connectivity index (χ3v) is 4.30. The third kappa shape index (κ3) is 3.13. The molecule has 0 saturated carbocycles. The number of hydrogen-bond acceptors (Lipinski definition) is 3. The number of halogens is 2. The molecule has 6 heteroatoms. The van der Waals surface area contributed by atoms with Gasteiger partial charge < -0.3 is 10.2 Å². The minimum atomic E-state index is 0. The maximum atomic E-state index is 12.2. The van der Waals surface area contributed by atoms with E-state index in [-0.39, 0.29) is 24.4 Å². The third-order valence-electron chi connectivity index (χ3n) is 3.08. The van der Waals surface area contributed by atoms with Gasteiger partial charge in [0.05, 0.1) is 9.21 Å². The molecule has 1 N–H and O–H groups in total. The summed E-state index contributed by atoms with van der Waals surface area (Å²) < 4.78 is 0.666. The average molecular weight is 295 g/mol. The molecule has 1 aliphatic rings. The molecule has 0 aliphatic carbocycles. The van der Waals surface area contributed by atoms with Crippen molar-refractivity contribution in [3.63, 3.8) is 0 Å². The lowest BCUT2D eigenvalue weighted by Crippen LogP contribution is -2.57. The van der Waals surface area contributed by atoms with Crippen LogP contribution in [0.5, 0.6) is 0 Å². The fourth-order valence-electron chi connectivity index (χ4n) is 1.91. The molecule has 1 saturated heterocycles. The predicted molar refractivity (Wildman–Crippen MR) is 74.5 cm³/mol. The maximum Gasteiger partial charge on any atom is 0.264 e. The summed E-state index contributed by atoms with van der Waals surface area (Å²) >= 11 is 7.19. The Morgan fingerprint density at radius 2 is 2.24 bits per heavy atom. The van der Waals surface area contributed by atoms with E-state index >= 15 is 0 Å². The lowest BCUT2D eigenvalue weighted by molar-refractivity contribution is 0.0608. The topological polar surface area (TPSA) is 32.3 Å². The molecule has 2 heterocycles. The Morgan fingerprint density at radius 3 is 2.82 bits per heavy atom. The van der Waals surface area contributed by atoms with E-state index in [1.807, 2.05) is 4.90 Å². The molecule has 17 heavy (non-hydrogen) atoms. The van der Waals surface area contributed by atoms with E-state index in [1.165, 1.54) is 11.3 Å². The number of amides is 1. The van der Waals surface area contributed by atoms with Gasteiger partial charge in [0.1, 0.15) is 0 Å². The molecule has 0 radical (unpaired) electrons. The normalized spacial score (nSPS) is 24.3. The van der Waals surface area contributed by atoms with Gasteiger partial charge in [0.2, 0.25) is 0 Å². The van der Waals surface area contributed by atoms with Crippen LogP contribution in [-0.2, 0) is 0 Å². The highest BCUT2D eigenvalue weighted by atomic mass is 35.5. The molecule has 2 atom stereocenters. The summed E-state index contributed by atoms with van der Waals surface area (Å²) in [5.74, 6) is 0.0951. The van der Waals surface area contributed by atoms with Crippen molar-refractivity contribution in [2.24, 2.45) is 0 Å². The van der Waals surface area contributed by atoms with Crippen LogP contribution in [0.4, 0.5) is 0 Å². The molecule has 1 aliphatic heterocycles. The number of piperazine rings is 1. The lowest BCUT2D eigenvalue weighted by atomic mass is 10.1. The minimum absolute atomic E-state index is 0. The van der Waals surface area contributed by atoms with Gasteiger partial charge in [-0.15, -0.1) is 23.7 Å². The zero-order valence-electron chi connectivity index (χ0n) is 9.77. The van der Waals surface area contributed by atoms with Crippen molar-refractivity contribution in [2.45, 2.75) is 25.9 Å². The molecule has 1 fully saturated rings. The first-order valence-electron chi connectivity index (χ1n) is 5.39. The zero-order chi connectivity index (χ0) is 11.7. The molecule has 1 aromatic heterocycles. The molecule has 1 aromatic rings. The van der Waals surface area contributed by atoms with Gasteiger partial charge in [0, 0.05) is 25.2 Å². The van der Waals surface area contributed by atoms with E-state index in [2.05, 4.69) is 19.2 Å². The highest BCUT2D eigenvalue weighted by Crippen LogP contribution is 2.24. The summed E-state index contributed by atoms with van der Waals surface area (Å²) in [7, 11) is 0. The first kappa shape index (κ1) is 14.8. The van der Waals surface area contributed by atoms with Gasteiger partial charge in [0.25, 0.3) is 5.91 Å². The van der Waals surface area contributed by atoms with Crippen molar-refractivity contribution in [3.05, 3.63) is 21.3 Å². The van der Waals surface area contributed by atoms with Crippen LogP contribution >= 0.6 is 35.3 Å². The van der Waals surface area contributed by atoms with Crippen LogP contribution in [-0.4, -0.2) is 36.0 Å². The Labute approximate surface area is 117 Å². The van der Waals surface area contributed by atoms with E-state index < -0.39 is 0 Å². The molecule has 1 amide bonds.